The Morgan fingerprint density at radius 3 is 2.41 bits per heavy atom. The number of hydrogen-bond donors (Lipinski definition) is 1. The van der Waals surface area contributed by atoms with E-state index in [-0.39, 0.29) is 11.6 Å². The van der Waals surface area contributed by atoms with Crippen molar-refractivity contribution >= 4 is 27.3 Å². The molecule has 0 fully saturated rings. The van der Waals surface area contributed by atoms with Gasteiger partial charge in [0.25, 0.3) is 0 Å². The quantitative estimate of drug-likeness (QED) is 0.869. The lowest BCUT2D eigenvalue weighted by Crippen LogP contribution is -2.56. The average molecular weight is 319 g/mol. The summed E-state index contributed by atoms with van der Waals surface area (Å²) < 4.78 is 1.16. The van der Waals surface area contributed by atoms with Gasteiger partial charge in [0.15, 0.2) is 0 Å². The number of nitrogens with zero attached hydrogens (tertiary/aromatic N) is 1. The number of nitrogens with two attached hydrogens (primary N) is 1. The number of rotatable bonds is 6. The molecule has 2 nitrogen and oxygen atoms in total. The molecule has 0 aromatic carbocycles. The fourth-order valence-corrected chi connectivity index (χ4v) is 3.71. The minimum Gasteiger partial charge on any atom is -0.326 e. The summed E-state index contributed by atoms with van der Waals surface area (Å²) in [7, 11) is 0. The second-order valence-electron chi connectivity index (χ2n) is 4.87. The van der Waals surface area contributed by atoms with Crippen LogP contribution in [-0.2, 0) is 6.42 Å². The zero-order valence-electron chi connectivity index (χ0n) is 11.2. The fourth-order valence-electron chi connectivity index (χ4n) is 2.20. The molecule has 17 heavy (non-hydrogen) atoms. The molecule has 1 atom stereocenters. The summed E-state index contributed by atoms with van der Waals surface area (Å²) in [6, 6.07) is 2.33. The third kappa shape index (κ3) is 3.78. The van der Waals surface area contributed by atoms with Crippen molar-refractivity contribution in [3.63, 3.8) is 0 Å². The fraction of sp³-hybridized carbons (Fsp3) is 0.692. The first-order valence-electron chi connectivity index (χ1n) is 6.15. The number of halogens is 1. The van der Waals surface area contributed by atoms with Crippen LogP contribution in [0.1, 0.15) is 32.6 Å². The molecule has 1 unspecified atom stereocenters. The molecule has 0 aliphatic rings. The van der Waals surface area contributed by atoms with E-state index in [4.69, 9.17) is 5.73 Å². The minimum absolute atomic E-state index is 0.0416. The molecule has 0 saturated carbocycles. The van der Waals surface area contributed by atoms with Gasteiger partial charge in [-0.1, -0.05) is 13.8 Å². The minimum atomic E-state index is 0.0416. The van der Waals surface area contributed by atoms with Crippen molar-refractivity contribution in [2.24, 2.45) is 5.73 Å². The predicted octanol–water partition coefficient (Wildman–Crippen LogP) is 3.50. The summed E-state index contributed by atoms with van der Waals surface area (Å²) in [4.78, 5) is 3.78. The summed E-state index contributed by atoms with van der Waals surface area (Å²) >= 11 is 5.26. The Kier molecular flexibility index (Phi) is 5.64. The molecule has 4 heteroatoms. The average Bonchev–Trinajstić information content (AvgIpc) is 2.65. The molecule has 1 heterocycles. The van der Waals surface area contributed by atoms with E-state index >= 15 is 0 Å². The molecule has 0 bridgehead atoms. The van der Waals surface area contributed by atoms with Gasteiger partial charge in [0.2, 0.25) is 0 Å². The zero-order valence-corrected chi connectivity index (χ0v) is 13.6. The number of likely N-dealkylation sites (N-methyl/N-ethyl adjacent to an activating group) is 1. The lowest BCUT2D eigenvalue weighted by Gasteiger charge is -2.41. The first-order chi connectivity index (χ1) is 7.91. The Labute approximate surface area is 117 Å². The maximum absolute atomic E-state index is 6.39. The van der Waals surface area contributed by atoms with E-state index in [1.54, 1.807) is 11.3 Å². The summed E-state index contributed by atoms with van der Waals surface area (Å²) in [6.07, 6.45) is 0.944. The number of thiophene rings is 1. The highest BCUT2D eigenvalue weighted by Crippen LogP contribution is 2.25. The molecule has 1 rings (SSSR count). The van der Waals surface area contributed by atoms with E-state index in [1.165, 1.54) is 4.88 Å². The van der Waals surface area contributed by atoms with Gasteiger partial charge in [-0.05, 0) is 55.4 Å². The van der Waals surface area contributed by atoms with Gasteiger partial charge < -0.3 is 5.73 Å². The van der Waals surface area contributed by atoms with Crippen LogP contribution in [0.5, 0.6) is 0 Å². The number of hydrogen-bond acceptors (Lipinski definition) is 3. The van der Waals surface area contributed by atoms with Crippen molar-refractivity contribution in [3.05, 3.63) is 20.8 Å². The van der Waals surface area contributed by atoms with Crippen molar-refractivity contribution in [1.29, 1.82) is 0 Å². The van der Waals surface area contributed by atoms with Crippen LogP contribution in [0.3, 0.4) is 0 Å². The second-order valence-corrected chi connectivity index (χ2v) is 6.78. The van der Waals surface area contributed by atoms with Crippen LogP contribution >= 0.6 is 27.3 Å². The van der Waals surface area contributed by atoms with Gasteiger partial charge in [-0.15, -0.1) is 11.3 Å². The van der Waals surface area contributed by atoms with E-state index in [2.05, 4.69) is 60.0 Å². The molecule has 2 N–H and O–H groups in total. The van der Waals surface area contributed by atoms with Crippen LogP contribution in [0.25, 0.3) is 0 Å². The van der Waals surface area contributed by atoms with Crippen LogP contribution in [0.2, 0.25) is 0 Å². The van der Waals surface area contributed by atoms with E-state index in [9.17, 15) is 0 Å². The maximum atomic E-state index is 6.39. The molecule has 0 saturated heterocycles. The second kappa shape index (κ2) is 6.32. The summed E-state index contributed by atoms with van der Waals surface area (Å²) in [6.45, 7) is 11.0. The highest BCUT2D eigenvalue weighted by Gasteiger charge is 2.31. The Morgan fingerprint density at radius 2 is 2.00 bits per heavy atom. The van der Waals surface area contributed by atoms with Crippen LogP contribution in [0, 0.1) is 0 Å². The summed E-state index contributed by atoms with van der Waals surface area (Å²) in [5.41, 5.74) is 6.44. The predicted molar refractivity (Wildman–Crippen MR) is 80.7 cm³/mol. The summed E-state index contributed by atoms with van der Waals surface area (Å²) in [5.74, 6) is 0. The summed E-state index contributed by atoms with van der Waals surface area (Å²) in [5, 5.41) is 2.12. The zero-order chi connectivity index (χ0) is 13.1. The van der Waals surface area contributed by atoms with Crippen molar-refractivity contribution in [3.8, 4) is 0 Å². The van der Waals surface area contributed by atoms with E-state index < -0.39 is 0 Å². The standard InChI is InChI=1S/C13H23BrN2S/c1-5-16(6-2)13(3,4)12(15)8-11-7-10(14)9-17-11/h7,9,12H,5-6,8,15H2,1-4H3. The SMILES string of the molecule is CCN(CC)C(C)(C)C(N)Cc1cc(Br)cs1. The molecule has 0 aliphatic carbocycles. The van der Waals surface area contributed by atoms with Crippen LogP contribution in [-0.4, -0.2) is 29.6 Å². The molecule has 1 aromatic heterocycles. The lowest BCUT2D eigenvalue weighted by molar-refractivity contribution is 0.107. The van der Waals surface area contributed by atoms with Gasteiger partial charge in [-0.25, -0.2) is 0 Å². The highest BCUT2D eigenvalue weighted by molar-refractivity contribution is 9.10. The molecule has 0 aliphatic heterocycles. The largest absolute Gasteiger partial charge is 0.326 e. The van der Waals surface area contributed by atoms with E-state index in [1.807, 2.05) is 0 Å². The first-order valence-corrected chi connectivity index (χ1v) is 7.82. The van der Waals surface area contributed by atoms with Gasteiger partial charge in [-0.2, -0.15) is 0 Å². The Balaban J connectivity index is 2.71. The lowest BCUT2D eigenvalue weighted by atomic mass is 9.90. The maximum Gasteiger partial charge on any atom is 0.0307 e. The van der Waals surface area contributed by atoms with Gasteiger partial charge >= 0.3 is 0 Å². The van der Waals surface area contributed by atoms with Crippen molar-refractivity contribution in [2.45, 2.75) is 45.7 Å². The van der Waals surface area contributed by atoms with Gasteiger partial charge in [0.1, 0.15) is 0 Å². The third-order valence-corrected chi connectivity index (χ3v) is 5.25. The van der Waals surface area contributed by atoms with Crippen molar-refractivity contribution < 1.29 is 0 Å². The third-order valence-electron chi connectivity index (χ3n) is 3.53. The van der Waals surface area contributed by atoms with E-state index in [0.717, 1.165) is 24.0 Å². The molecular formula is C13H23BrN2S. The van der Waals surface area contributed by atoms with Crippen LogP contribution in [0.4, 0.5) is 0 Å². The smallest absolute Gasteiger partial charge is 0.0307 e. The Hall–Kier alpha value is 0.1000. The van der Waals surface area contributed by atoms with Gasteiger partial charge in [-0.3, -0.25) is 4.90 Å². The molecule has 0 radical (unpaired) electrons. The molecule has 0 spiro atoms. The van der Waals surface area contributed by atoms with Crippen LogP contribution < -0.4 is 5.73 Å². The highest BCUT2D eigenvalue weighted by atomic mass is 79.9. The molecule has 0 amide bonds. The normalized spacial score (nSPS) is 14.3. The molecule has 98 valence electrons. The first kappa shape index (κ1) is 15.2. The van der Waals surface area contributed by atoms with Crippen molar-refractivity contribution in [2.75, 3.05) is 13.1 Å². The van der Waals surface area contributed by atoms with Crippen LogP contribution in [0.15, 0.2) is 15.9 Å². The molecule has 1 aromatic rings. The topological polar surface area (TPSA) is 29.3 Å². The van der Waals surface area contributed by atoms with E-state index in [0.29, 0.717) is 0 Å². The van der Waals surface area contributed by atoms with Crippen molar-refractivity contribution in [1.82, 2.24) is 4.90 Å². The Bertz CT molecular complexity index is 345. The molecular weight excluding hydrogens is 296 g/mol. The monoisotopic (exact) mass is 318 g/mol. The van der Waals surface area contributed by atoms with Gasteiger partial charge in [0, 0.05) is 26.3 Å². The van der Waals surface area contributed by atoms with Gasteiger partial charge in [0.05, 0.1) is 0 Å². The Morgan fingerprint density at radius 1 is 1.41 bits per heavy atom.